The lowest BCUT2D eigenvalue weighted by Gasteiger charge is -2.23. The second kappa shape index (κ2) is 11.6. The van der Waals surface area contributed by atoms with Gasteiger partial charge in [0.05, 0.1) is 18.0 Å². The molecule has 0 aliphatic rings. The lowest BCUT2D eigenvalue weighted by molar-refractivity contribution is -0.144. The maximum Gasteiger partial charge on any atom is 0.412 e. The Morgan fingerprint density at radius 3 is 2.36 bits per heavy atom. The van der Waals surface area contributed by atoms with Crippen LogP contribution < -0.4 is 10.6 Å². The minimum absolute atomic E-state index is 0.213. The molecule has 0 saturated carbocycles. The molecule has 0 saturated heterocycles. The maximum absolute atomic E-state index is 12.9. The summed E-state index contributed by atoms with van der Waals surface area (Å²) in [5.41, 5.74) is 2.32. The van der Waals surface area contributed by atoms with Crippen molar-refractivity contribution >= 4 is 23.4 Å². The number of rotatable bonds is 10. The third-order valence-corrected chi connectivity index (χ3v) is 4.88. The Kier molecular flexibility index (Phi) is 9.19. The van der Waals surface area contributed by atoms with Crippen LogP contribution >= 0.6 is 0 Å². The molecule has 0 spiro atoms. The molecule has 1 heterocycles. The number of hydrogen-bond acceptors (Lipinski definition) is 8. The molecule has 0 bridgehead atoms. The first kappa shape index (κ1) is 26.1. The van der Waals surface area contributed by atoms with Gasteiger partial charge < -0.3 is 14.8 Å². The Morgan fingerprint density at radius 1 is 1.09 bits per heavy atom. The van der Waals surface area contributed by atoms with E-state index < -0.39 is 23.7 Å². The van der Waals surface area contributed by atoms with Gasteiger partial charge >= 0.3 is 12.1 Å². The Morgan fingerprint density at radius 2 is 1.76 bits per heavy atom. The molecule has 2 rings (SSSR count). The number of carbonyl (C=O) groups is 2. The number of nitrogens with zero attached hydrogens (tertiary/aromatic N) is 4. The van der Waals surface area contributed by atoms with Crippen molar-refractivity contribution < 1.29 is 19.1 Å². The maximum atomic E-state index is 12.9. The quantitative estimate of drug-likeness (QED) is 0.391. The van der Waals surface area contributed by atoms with Gasteiger partial charge in [0.25, 0.3) is 0 Å². The highest BCUT2D eigenvalue weighted by atomic mass is 16.6. The SMILES string of the molecule is CCCCCn1nnnc1C(Nc1cc(C)c(C)cc1NC(=O)OC(C)(C)C)C(=O)OCC. The number of aryl methyl sites for hydroxylation is 3. The molecule has 1 atom stereocenters. The highest BCUT2D eigenvalue weighted by Crippen LogP contribution is 2.30. The van der Waals surface area contributed by atoms with Gasteiger partial charge in [-0.05, 0) is 81.6 Å². The van der Waals surface area contributed by atoms with Gasteiger partial charge in [0.2, 0.25) is 0 Å². The number of anilines is 2. The largest absolute Gasteiger partial charge is 0.464 e. The molecule has 2 aromatic rings. The van der Waals surface area contributed by atoms with Crippen LogP contribution in [0.4, 0.5) is 16.2 Å². The van der Waals surface area contributed by atoms with Gasteiger partial charge in [-0.1, -0.05) is 19.8 Å². The van der Waals surface area contributed by atoms with E-state index in [9.17, 15) is 9.59 Å². The van der Waals surface area contributed by atoms with Crippen molar-refractivity contribution in [3.05, 3.63) is 29.1 Å². The standard InChI is InChI=1S/C23H36N6O4/c1-8-10-11-12-29-20(26-27-28-29)19(21(30)32-9-2)24-17-13-15(3)16(4)14-18(17)25-22(31)33-23(5,6)7/h13-14,19,24H,8-12H2,1-7H3,(H,25,31). The lowest BCUT2D eigenvalue weighted by Crippen LogP contribution is -2.29. The molecule has 0 radical (unpaired) electrons. The number of hydrogen-bond donors (Lipinski definition) is 2. The third kappa shape index (κ3) is 7.73. The van der Waals surface area contributed by atoms with Gasteiger partial charge in [0, 0.05) is 6.54 Å². The van der Waals surface area contributed by atoms with E-state index in [-0.39, 0.29) is 6.61 Å². The van der Waals surface area contributed by atoms with Gasteiger partial charge in [0.15, 0.2) is 11.9 Å². The predicted octanol–water partition coefficient (Wildman–Crippen LogP) is 4.54. The van der Waals surface area contributed by atoms with Gasteiger partial charge in [-0.3, -0.25) is 5.32 Å². The normalized spacial score (nSPS) is 12.2. The number of unbranched alkanes of at least 4 members (excludes halogenated alkanes) is 2. The number of nitrogens with one attached hydrogen (secondary N) is 2. The van der Waals surface area contributed by atoms with Crippen LogP contribution in [0.2, 0.25) is 0 Å². The van der Waals surface area contributed by atoms with Crippen LogP contribution in [0.1, 0.15) is 76.9 Å². The zero-order chi connectivity index (χ0) is 24.6. The smallest absolute Gasteiger partial charge is 0.412 e. The predicted molar refractivity (Wildman–Crippen MR) is 126 cm³/mol. The Bertz CT molecular complexity index is 951. The summed E-state index contributed by atoms with van der Waals surface area (Å²) in [7, 11) is 0. The zero-order valence-corrected chi connectivity index (χ0v) is 20.7. The molecule has 1 aromatic carbocycles. The minimum Gasteiger partial charge on any atom is -0.464 e. The first-order valence-electron chi connectivity index (χ1n) is 11.4. The number of tetrazole rings is 1. The molecule has 10 heteroatoms. The average molecular weight is 461 g/mol. The molecular formula is C23H36N6O4. The van der Waals surface area contributed by atoms with E-state index >= 15 is 0 Å². The molecule has 1 unspecified atom stereocenters. The monoisotopic (exact) mass is 460 g/mol. The summed E-state index contributed by atoms with van der Waals surface area (Å²) in [4.78, 5) is 25.3. The molecule has 0 aliphatic heterocycles. The van der Waals surface area contributed by atoms with Crippen molar-refractivity contribution in [1.29, 1.82) is 0 Å². The van der Waals surface area contributed by atoms with E-state index in [2.05, 4.69) is 33.1 Å². The topological polar surface area (TPSA) is 120 Å². The van der Waals surface area contributed by atoms with E-state index in [1.165, 1.54) is 0 Å². The van der Waals surface area contributed by atoms with Gasteiger partial charge in [0.1, 0.15) is 5.60 Å². The molecule has 33 heavy (non-hydrogen) atoms. The number of carbonyl (C=O) groups excluding carboxylic acids is 2. The van der Waals surface area contributed by atoms with E-state index in [1.54, 1.807) is 32.4 Å². The number of aromatic nitrogens is 4. The second-order valence-corrected chi connectivity index (χ2v) is 8.91. The summed E-state index contributed by atoms with van der Waals surface area (Å²) >= 11 is 0. The van der Waals surface area contributed by atoms with Gasteiger partial charge in [-0.15, -0.1) is 5.10 Å². The second-order valence-electron chi connectivity index (χ2n) is 8.91. The van der Waals surface area contributed by atoms with Crippen LogP contribution in [0.15, 0.2) is 12.1 Å². The number of benzene rings is 1. The molecule has 2 N–H and O–H groups in total. The van der Waals surface area contributed by atoms with Crippen molar-refractivity contribution in [2.75, 3.05) is 17.2 Å². The zero-order valence-electron chi connectivity index (χ0n) is 20.7. The lowest BCUT2D eigenvalue weighted by atomic mass is 10.1. The minimum atomic E-state index is -0.956. The van der Waals surface area contributed by atoms with Crippen LogP contribution in [0, 0.1) is 13.8 Å². The number of ether oxygens (including phenoxy) is 2. The van der Waals surface area contributed by atoms with Crippen molar-refractivity contribution in [3.63, 3.8) is 0 Å². The first-order chi connectivity index (χ1) is 15.6. The van der Waals surface area contributed by atoms with Crippen LogP contribution in [0.5, 0.6) is 0 Å². The van der Waals surface area contributed by atoms with Crippen molar-refractivity contribution in [3.8, 4) is 0 Å². The van der Waals surface area contributed by atoms with E-state index in [0.29, 0.717) is 23.7 Å². The van der Waals surface area contributed by atoms with E-state index in [1.807, 2.05) is 26.0 Å². The highest BCUT2D eigenvalue weighted by molar-refractivity contribution is 5.91. The van der Waals surface area contributed by atoms with Crippen LogP contribution in [-0.2, 0) is 20.8 Å². The molecule has 0 aliphatic carbocycles. The molecule has 0 fully saturated rings. The summed E-state index contributed by atoms with van der Waals surface area (Å²) in [5, 5.41) is 17.9. The summed E-state index contributed by atoms with van der Waals surface area (Å²) in [6, 6.07) is 2.73. The summed E-state index contributed by atoms with van der Waals surface area (Å²) in [5.74, 6) is -0.156. The molecular weight excluding hydrogens is 424 g/mol. The number of amides is 1. The Hall–Kier alpha value is -3.17. The first-order valence-corrected chi connectivity index (χ1v) is 11.4. The Labute approximate surface area is 195 Å². The van der Waals surface area contributed by atoms with Gasteiger partial charge in [-0.25, -0.2) is 14.3 Å². The fraction of sp³-hybridized carbons (Fsp3) is 0.609. The highest BCUT2D eigenvalue weighted by Gasteiger charge is 2.29. The van der Waals surface area contributed by atoms with Gasteiger partial charge in [-0.2, -0.15) is 0 Å². The summed E-state index contributed by atoms with van der Waals surface area (Å²) in [6.45, 7) is 13.9. The summed E-state index contributed by atoms with van der Waals surface area (Å²) < 4.78 is 12.3. The van der Waals surface area contributed by atoms with Crippen LogP contribution in [0.25, 0.3) is 0 Å². The van der Waals surface area contributed by atoms with Crippen molar-refractivity contribution in [2.24, 2.45) is 0 Å². The number of esters is 1. The third-order valence-electron chi connectivity index (χ3n) is 4.88. The molecule has 10 nitrogen and oxygen atoms in total. The Balaban J connectivity index is 2.40. The summed E-state index contributed by atoms with van der Waals surface area (Å²) in [6.07, 6.45) is 2.38. The van der Waals surface area contributed by atoms with Crippen LogP contribution in [0.3, 0.4) is 0 Å². The molecule has 182 valence electrons. The fourth-order valence-corrected chi connectivity index (χ4v) is 3.15. The molecule has 1 aromatic heterocycles. The van der Waals surface area contributed by atoms with Crippen molar-refractivity contribution in [2.45, 2.75) is 85.9 Å². The van der Waals surface area contributed by atoms with E-state index in [4.69, 9.17) is 9.47 Å². The fourth-order valence-electron chi connectivity index (χ4n) is 3.15. The van der Waals surface area contributed by atoms with Crippen molar-refractivity contribution in [1.82, 2.24) is 20.2 Å². The average Bonchev–Trinajstić information content (AvgIpc) is 3.16. The van der Waals surface area contributed by atoms with E-state index in [0.717, 1.165) is 30.4 Å². The molecule has 1 amide bonds. The van der Waals surface area contributed by atoms with Crippen LogP contribution in [-0.4, -0.2) is 44.5 Å².